The molecule has 4 rings (SSSR count). The zero-order chi connectivity index (χ0) is 22.2. The van der Waals surface area contributed by atoms with Gasteiger partial charge in [0.1, 0.15) is 11.4 Å². The van der Waals surface area contributed by atoms with Crippen LogP contribution in [0.3, 0.4) is 0 Å². The van der Waals surface area contributed by atoms with Gasteiger partial charge < -0.3 is 10.1 Å². The normalized spacial score (nSPS) is 17.2. The van der Waals surface area contributed by atoms with Crippen molar-refractivity contribution in [1.29, 1.82) is 0 Å². The molecule has 0 bridgehead atoms. The number of urea groups is 1. The van der Waals surface area contributed by atoms with Crippen LogP contribution in [0.2, 0.25) is 0 Å². The quantitative estimate of drug-likeness (QED) is 0.734. The summed E-state index contributed by atoms with van der Waals surface area (Å²) in [6.07, 6.45) is 0.852. The Morgan fingerprint density at radius 3 is 2.68 bits per heavy atom. The molecule has 1 saturated carbocycles. The van der Waals surface area contributed by atoms with Crippen LogP contribution in [0, 0.1) is 0 Å². The third-order valence-electron chi connectivity index (χ3n) is 5.39. The monoisotopic (exact) mass is 436 g/mol. The van der Waals surface area contributed by atoms with E-state index in [4.69, 9.17) is 0 Å². The zero-order valence-electron chi connectivity index (χ0n) is 17.2. The third-order valence-corrected chi connectivity index (χ3v) is 5.39. The van der Waals surface area contributed by atoms with Gasteiger partial charge in [0.15, 0.2) is 5.82 Å². The number of alkyl halides is 3. The predicted molar refractivity (Wildman–Crippen MR) is 109 cm³/mol. The highest BCUT2D eigenvalue weighted by molar-refractivity contribution is 5.98. The zero-order valence-corrected chi connectivity index (χ0v) is 17.2. The van der Waals surface area contributed by atoms with Crippen LogP contribution in [0.1, 0.15) is 32.6 Å². The molecule has 1 fully saturated rings. The predicted octanol–water partition coefficient (Wildman–Crippen LogP) is 4.67. The van der Waals surface area contributed by atoms with E-state index in [0.717, 1.165) is 25.7 Å². The minimum Gasteiger partial charge on any atom is -0.406 e. The number of nitrogens with zero attached hydrogens (tertiary/aromatic N) is 5. The summed E-state index contributed by atoms with van der Waals surface area (Å²) >= 11 is 0. The molecular weight excluding hydrogens is 413 g/mol. The van der Waals surface area contributed by atoms with E-state index in [1.165, 1.54) is 23.1 Å². The lowest BCUT2D eigenvalue weighted by molar-refractivity contribution is -0.274. The van der Waals surface area contributed by atoms with Gasteiger partial charge in [-0.05, 0) is 31.9 Å². The second-order valence-electron chi connectivity index (χ2n) is 7.44. The maximum Gasteiger partial charge on any atom is 0.573 e. The molecular formula is C20H23F3N6O2. The summed E-state index contributed by atoms with van der Waals surface area (Å²) in [5.74, 6) is 0.464. The minimum atomic E-state index is -4.77. The molecule has 1 aliphatic heterocycles. The van der Waals surface area contributed by atoms with Crippen LogP contribution in [0.5, 0.6) is 5.75 Å². The fourth-order valence-electron chi connectivity index (χ4n) is 4.02. The van der Waals surface area contributed by atoms with Gasteiger partial charge in [-0.2, -0.15) is 4.98 Å². The third kappa shape index (κ3) is 4.30. The fourth-order valence-corrected chi connectivity index (χ4v) is 4.02. The van der Waals surface area contributed by atoms with E-state index < -0.39 is 6.36 Å². The van der Waals surface area contributed by atoms with E-state index in [-0.39, 0.29) is 23.8 Å². The van der Waals surface area contributed by atoms with Crippen LogP contribution < -0.4 is 20.0 Å². The molecule has 11 heteroatoms. The maximum atomic E-state index is 12.8. The number of carbonyl (C=O) groups excluding carboxylic acids is 1. The highest BCUT2D eigenvalue weighted by Crippen LogP contribution is 2.39. The van der Waals surface area contributed by atoms with Crippen molar-refractivity contribution in [3.05, 3.63) is 30.5 Å². The first kappa shape index (κ1) is 21.0. The van der Waals surface area contributed by atoms with Crippen molar-refractivity contribution in [2.45, 2.75) is 45.0 Å². The Hall–Kier alpha value is -3.24. The van der Waals surface area contributed by atoms with Gasteiger partial charge in [0, 0.05) is 25.3 Å². The molecule has 0 spiro atoms. The summed E-state index contributed by atoms with van der Waals surface area (Å²) in [6, 6.07) is 5.48. The topological polar surface area (TPSA) is 73.8 Å². The smallest absolute Gasteiger partial charge is 0.406 e. The number of carbonyl (C=O) groups is 1. The van der Waals surface area contributed by atoms with E-state index in [2.05, 4.69) is 20.0 Å². The largest absolute Gasteiger partial charge is 0.573 e. The molecule has 1 aromatic carbocycles. The molecule has 166 valence electrons. The molecule has 0 radical (unpaired) electrons. The SMILES string of the molecule is CCN1C(=O)N(C)c2cnc(Nc3cccc(OC(F)(F)F)c3)nc2N1C1CCCC1. The van der Waals surface area contributed by atoms with Gasteiger partial charge in [-0.3, -0.25) is 9.91 Å². The number of halogens is 3. The number of benzene rings is 1. The number of nitrogens with one attached hydrogen (secondary N) is 1. The number of hydrazine groups is 1. The number of ether oxygens (including phenoxy) is 1. The van der Waals surface area contributed by atoms with Crippen LogP contribution in [-0.2, 0) is 0 Å². The van der Waals surface area contributed by atoms with E-state index in [1.807, 2.05) is 11.9 Å². The molecule has 1 aromatic heterocycles. The molecule has 0 saturated heterocycles. The lowest BCUT2D eigenvalue weighted by Gasteiger charge is -2.45. The number of hydrogen-bond acceptors (Lipinski definition) is 6. The van der Waals surface area contributed by atoms with Crippen molar-refractivity contribution >= 4 is 29.2 Å². The van der Waals surface area contributed by atoms with Crippen LogP contribution in [0.15, 0.2) is 30.5 Å². The number of fused-ring (bicyclic) bond motifs is 1. The average molecular weight is 436 g/mol. The number of aromatic nitrogens is 2. The van der Waals surface area contributed by atoms with Crippen molar-refractivity contribution in [2.75, 3.05) is 28.8 Å². The van der Waals surface area contributed by atoms with Gasteiger partial charge >= 0.3 is 12.4 Å². The lowest BCUT2D eigenvalue weighted by Crippen LogP contribution is -2.59. The Labute approximate surface area is 177 Å². The van der Waals surface area contributed by atoms with E-state index in [1.54, 1.807) is 24.3 Å². The molecule has 0 atom stereocenters. The second kappa shape index (κ2) is 8.12. The van der Waals surface area contributed by atoms with Gasteiger partial charge in [-0.1, -0.05) is 18.9 Å². The summed E-state index contributed by atoms with van der Waals surface area (Å²) < 4.78 is 41.5. The van der Waals surface area contributed by atoms with E-state index in [9.17, 15) is 18.0 Å². The molecule has 1 N–H and O–H groups in total. The van der Waals surface area contributed by atoms with Crippen molar-refractivity contribution in [1.82, 2.24) is 15.0 Å². The van der Waals surface area contributed by atoms with Gasteiger partial charge in [0.05, 0.1) is 12.2 Å². The lowest BCUT2D eigenvalue weighted by atomic mass is 10.2. The van der Waals surface area contributed by atoms with Crippen LogP contribution in [-0.4, -0.2) is 47.0 Å². The summed E-state index contributed by atoms with van der Waals surface area (Å²) in [5.41, 5.74) is 0.933. The number of anilines is 4. The first-order valence-electron chi connectivity index (χ1n) is 10.1. The minimum absolute atomic E-state index is 0.150. The first-order valence-corrected chi connectivity index (χ1v) is 10.1. The molecule has 2 heterocycles. The summed E-state index contributed by atoms with van der Waals surface area (Å²) in [5, 5.41) is 6.55. The van der Waals surface area contributed by atoms with Gasteiger partial charge in [0.2, 0.25) is 5.95 Å². The first-order chi connectivity index (χ1) is 14.8. The molecule has 2 aromatic rings. The standard InChI is InChI=1S/C20H23F3N6O2/c1-3-28-19(30)27(2)16-12-24-18(26-17(16)29(28)14-8-4-5-9-14)25-13-7-6-10-15(11-13)31-20(21,22)23/h6-7,10-12,14H,3-5,8-9H2,1-2H3,(H,24,25,26). The number of rotatable bonds is 5. The number of hydrogen-bond donors (Lipinski definition) is 1. The Morgan fingerprint density at radius 1 is 1.26 bits per heavy atom. The molecule has 2 aliphatic rings. The highest BCUT2D eigenvalue weighted by atomic mass is 19.4. The fraction of sp³-hybridized carbons (Fsp3) is 0.450. The average Bonchev–Trinajstić information content (AvgIpc) is 3.23. The summed E-state index contributed by atoms with van der Waals surface area (Å²) in [6.45, 7) is 2.40. The van der Waals surface area contributed by atoms with Crippen LogP contribution in [0.4, 0.5) is 41.1 Å². The van der Waals surface area contributed by atoms with Crippen molar-refractivity contribution < 1.29 is 22.7 Å². The van der Waals surface area contributed by atoms with Crippen LogP contribution >= 0.6 is 0 Å². The van der Waals surface area contributed by atoms with Crippen molar-refractivity contribution in [2.24, 2.45) is 0 Å². The van der Waals surface area contributed by atoms with Crippen LogP contribution in [0.25, 0.3) is 0 Å². The van der Waals surface area contributed by atoms with Crippen molar-refractivity contribution in [3.63, 3.8) is 0 Å². The molecule has 31 heavy (non-hydrogen) atoms. The molecule has 8 nitrogen and oxygen atoms in total. The van der Waals surface area contributed by atoms with E-state index in [0.29, 0.717) is 23.7 Å². The Balaban J connectivity index is 1.66. The molecule has 1 aliphatic carbocycles. The van der Waals surface area contributed by atoms with Crippen molar-refractivity contribution in [3.8, 4) is 5.75 Å². The highest BCUT2D eigenvalue weighted by Gasteiger charge is 2.39. The van der Waals surface area contributed by atoms with Gasteiger partial charge in [0.25, 0.3) is 0 Å². The van der Waals surface area contributed by atoms with Gasteiger partial charge in [-0.25, -0.2) is 14.8 Å². The Kier molecular flexibility index (Phi) is 5.50. The Bertz CT molecular complexity index is 964. The second-order valence-corrected chi connectivity index (χ2v) is 7.44. The molecule has 2 amide bonds. The van der Waals surface area contributed by atoms with E-state index >= 15 is 0 Å². The summed E-state index contributed by atoms with van der Waals surface area (Å²) in [4.78, 5) is 23.2. The maximum absolute atomic E-state index is 12.8. The number of amides is 2. The summed E-state index contributed by atoms with van der Waals surface area (Å²) in [7, 11) is 1.67. The van der Waals surface area contributed by atoms with Gasteiger partial charge in [-0.15, -0.1) is 13.2 Å². The molecule has 0 unspecified atom stereocenters. The Morgan fingerprint density at radius 2 is 2.00 bits per heavy atom.